The molecule has 1 N–H and O–H groups in total. The molecule has 0 bridgehead atoms. The van der Waals surface area contributed by atoms with Crippen LogP contribution in [0.3, 0.4) is 0 Å². The number of thioether (sulfide) groups is 1. The molecule has 3 heterocycles. The number of carboxylic acids is 1. The molecule has 0 aliphatic carbocycles. The zero-order valence-electron chi connectivity index (χ0n) is 10.7. The van der Waals surface area contributed by atoms with E-state index in [1.807, 2.05) is 41.2 Å². The minimum atomic E-state index is -0.870. The van der Waals surface area contributed by atoms with Gasteiger partial charge in [0.2, 0.25) is 0 Å². The van der Waals surface area contributed by atoms with Crippen molar-refractivity contribution >= 4 is 34.7 Å². The number of carboxylic acid groups (broad SMARTS) is 1. The van der Waals surface area contributed by atoms with Crippen molar-refractivity contribution in [2.24, 2.45) is 0 Å². The molecule has 0 saturated carbocycles. The first-order valence-corrected chi connectivity index (χ1v) is 7.87. The fourth-order valence-corrected chi connectivity index (χ4v) is 3.64. The Morgan fingerprint density at radius 3 is 3.05 bits per heavy atom. The van der Waals surface area contributed by atoms with Crippen LogP contribution in [-0.2, 0) is 5.75 Å². The van der Waals surface area contributed by atoms with Crippen molar-refractivity contribution in [3.8, 4) is 0 Å². The van der Waals surface area contributed by atoms with Crippen LogP contribution in [0.4, 0.5) is 0 Å². The molecular formula is C14H12N2O2S2. The number of fused-ring (bicyclic) bond motifs is 1. The van der Waals surface area contributed by atoms with Crippen molar-refractivity contribution < 1.29 is 9.90 Å². The van der Waals surface area contributed by atoms with E-state index in [4.69, 9.17) is 5.11 Å². The lowest BCUT2D eigenvalue weighted by molar-refractivity contribution is 0.0702. The fraction of sp³-hybridized carbons (Fsp3) is 0.143. The molecule has 0 aromatic carbocycles. The predicted octanol–water partition coefficient (Wildman–Crippen LogP) is 3.69. The Hall–Kier alpha value is -1.79. The summed E-state index contributed by atoms with van der Waals surface area (Å²) in [6.45, 7) is 2.05. The number of aromatic nitrogens is 2. The van der Waals surface area contributed by atoms with Crippen molar-refractivity contribution in [3.05, 3.63) is 52.1 Å². The van der Waals surface area contributed by atoms with Crippen molar-refractivity contribution in [1.29, 1.82) is 0 Å². The maximum absolute atomic E-state index is 10.8. The van der Waals surface area contributed by atoms with Gasteiger partial charge in [0.1, 0.15) is 10.5 Å². The number of rotatable bonds is 4. The maximum Gasteiger partial charge on any atom is 0.345 e. The van der Waals surface area contributed by atoms with Crippen molar-refractivity contribution in [1.82, 2.24) is 9.38 Å². The van der Waals surface area contributed by atoms with E-state index in [9.17, 15) is 4.79 Å². The van der Waals surface area contributed by atoms with E-state index in [0.717, 1.165) is 22.0 Å². The summed E-state index contributed by atoms with van der Waals surface area (Å²) < 4.78 is 2.02. The summed E-state index contributed by atoms with van der Waals surface area (Å²) in [5.41, 5.74) is 3.12. The highest BCUT2D eigenvalue weighted by Crippen LogP contribution is 2.27. The number of thiophene rings is 1. The van der Waals surface area contributed by atoms with E-state index in [-0.39, 0.29) is 0 Å². The van der Waals surface area contributed by atoms with Gasteiger partial charge >= 0.3 is 5.97 Å². The van der Waals surface area contributed by atoms with Crippen LogP contribution in [0, 0.1) is 6.92 Å². The van der Waals surface area contributed by atoms with E-state index >= 15 is 0 Å². The molecule has 3 rings (SSSR count). The van der Waals surface area contributed by atoms with Gasteiger partial charge in [-0.15, -0.1) is 23.1 Å². The summed E-state index contributed by atoms with van der Waals surface area (Å²) in [7, 11) is 0. The van der Waals surface area contributed by atoms with Gasteiger partial charge in [0.25, 0.3) is 0 Å². The van der Waals surface area contributed by atoms with Gasteiger partial charge < -0.3 is 9.51 Å². The van der Waals surface area contributed by atoms with Gasteiger partial charge in [-0.2, -0.15) is 0 Å². The van der Waals surface area contributed by atoms with Crippen LogP contribution < -0.4 is 0 Å². The highest BCUT2D eigenvalue weighted by molar-refractivity contribution is 7.98. The van der Waals surface area contributed by atoms with Gasteiger partial charge in [-0.3, -0.25) is 0 Å². The van der Waals surface area contributed by atoms with Crippen LogP contribution >= 0.6 is 23.1 Å². The third-order valence-electron chi connectivity index (χ3n) is 2.82. The van der Waals surface area contributed by atoms with Gasteiger partial charge in [0.15, 0.2) is 0 Å². The fourth-order valence-electron chi connectivity index (χ4n) is 1.89. The Morgan fingerprint density at radius 2 is 2.30 bits per heavy atom. The van der Waals surface area contributed by atoms with E-state index in [2.05, 4.69) is 4.98 Å². The lowest BCUT2D eigenvalue weighted by atomic mass is 10.3. The lowest BCUT2D eigenvalue weighted by Gasteiger charge is -1.93. The summed E-state index contributed by atoms with van der Waals surface area (Å²) in [5, 5.41) is 10.8. The minimum Gasteiger partial charge on any atom is -0.477 e. The second-order valence-corrected chi connectivity index (χ2v) is 6.40. The number of aryl methyl sites for hydroxylation is 1. The first kappa shape index (κ1) is 13.2. The summed E-state index contributed by atoms with van der Waals surface area (Å²) in [4.78, 5) is 16.7. The van der Waals surface area contributed by atoms with Gasteiger partial charge in [0.05, 0.1) is 5.69 Å². The smallest absolute Gasteiger partial charge is 0.345 e. The molecule has 0 aliphatic heterocycles. The molecular weight excluding hydrogens is 292 g/mol. The summed E-state index contributed by atoms with van der Waals surface area (Å²) in [6, 6.07) is 5.74. The van der Waals surface area contributed by atoms with Gasteiger partial charge in [-0.05, 0) is 24.6 Å². The molecule has 6 heteroatoms. The molecule has 0 amide bonds. The Labute approximate surface area is 124 Å². The third kappa shape index (κ3) is 2.71. The zero-order valence-corrected chi connectivity index (χ0v) is 12.4. The molecule has 0 spiro atoms. The molecule has 0 fully saturated rings. The highest BCUT2D eigenvalue weighted by atomic mass is 32.2. The van der Waals surface area contributed by atoms with E-state index in [0.29, 0.717) is 4.88 Å². The standard InChI is InChI=1S/C14H12N2O2S2/c1-9-2-3-13-15-10(6-16(13)5-9)7-19-11-4-12(14(17)18)20-8-11/h2-6,8H,7H2,1H3,(H,17,18). The molecule has 3 aromatic heterocycles. The molecule has 3 aromatic rings. The minimum absolute atomic E-state index is 0.373. The number of aromatic carboxylic acids is 1. The van der Waals surface area contributed by atoms with Crippen LogP contribution in [0.5, 0.6) is 0 Å². The summed E-state index contributed by atoms with van der Waals surface area (Å²) in [5.74, 6) is -0.138. The second kappa shape index (κ2) is 5.30. The molecule has 102 valence electrons. The Balaban J connectivity index is 1.74. The SMILES string of the molecule is Cc1ccc2nc(CSc3csc(C(=O)O)c3)cn2c1. The summed E-state index contributed by atoms with van der Waals surface area (Å²) in [6.07, 6.45) is 4.06. The molecule has 0 radical (unpaired) electrons. The Bertz CT molecular complexity index is 776. The second-order valence-electron chi connectivity index (χ2n) is 4.44. The molecule has 4 nitrogen and oxygen atoms in total. The topological polar surface area (TPSA) is 54.6 Å². The van der Waals surface area contributed by atoms with E-state index in [1.165, 1.54) is 16.9 Å². The third-order valence-corrected chi connectivity index (χ3v) is 4.90. The number of carbonyl (C=O) groups is 1. The first-order valence-electron chi connectivity index (χ1n) is 6.01. The summed E-state index contributed by atoms with van der Waals surface area (Å²) >= 11 is 2.86. The Morgan fingerprint density at radius 1 is 1.45 bits per heavy atom. The van der Waals surface area contributed by atoms with Gasteiger partial charge in [0, 0.05) is 28.4 Å². The van der Waals surface area contributed by atoms with Gasteiger partial charge in [-0.25, -0.2) is 9.78 Å². The molecule has 0 aliphatic rings. The van der Waals surface area contributed by atoms with Gasteiger partial charge in [-0.1, -0.05) is 6.07 Å². The van der Waals surface area contributed by atoms with Crippen LogP contribution in [0.25, 0.3) is 5.65 Å². The normalized spacial score (nSPS) is 11.1. The maximum atomic E-state index is 10.8. The number of imidazole rings is 1. The van der Waals surface area contributed by atoms with E-state index < -0.39 is 5.97 Å². The number of hydrogen-bond acceptors (Lipinski definition) is 4. The predicted molar refractivity (Wildman–Crippen MR) is 80.8 cm³/mol. The first-order chi connectivity index (χ1) is 9.61. The molecule has 0 atom stereocenters. The highest BCUT2D eigenvalue weighted by Gasteiger charge is 2.08. The average molecular weight is 304 g/mol. The van der Waals surface area contributed by atoms with Crippen molar-refractivity contribution in [3.63, 3.8) is 0 Å². The number of hydrogen-bond donors (Lipinski definition) is 1. The zero-order chi connectivity index (χ0) is 14.1. The molecule has 0 saturated heterocycles. The van der Waals surface area contributed by atoms with Crippen LogP contribution in [0.15, 0.2) is 40.9 Å². The number of nitrogens with zero attached hydrogens (tertiary/aromatic N) is 2. The molecule has 20 heavy (non-hydrogen) atoms. The van der Waals surface area contributed by atoms with Crippen molar-refractivity contribution in [2.75, 3.05) is 0 Å². The lowest BCUT2D eigenvalue weighted by Crippen LogP contribution is -1.89. The van der Waals surface area contributed by atoms with Crippen LogP contribution in [-0.4, -0.2) is 20.5 Å². The molecule has 0 unspecified atom stereocenters. The Kier molecular flexibility index (Phi) is 3.50. The van der Waals surface area contributed by atoms with Crippen LogP contribution in [0.1, 0.15) is 20.9 Å². The van der Waals surface area contributed by atoms with E-state index in [1.54, 1.807) is 17.8 Å². The van der Waals surface area contributed by atoms with Crippen molar-refractivity contribution in [2.45, 2.75) is 17.6 Å². The van der Waals surface area contributed by atoms with Crippen LogP contribution in [0.2, 0.25) is 0 Å². The quantitative estimate of drug-likeness (QED) is 0.747. The number of pyridine rings is 1. The average Bonchev–Trinajstić information content (AvgIpc) is 3.01. The monoisotopic (exact) mass is 304 g/mol. The largest absolute Gasteiger partial charge is 0.477 e.